The lowest BCUT2D eigenvalue weighted by molar-refractivity contribution is -0.116. The third kappa shape index (κ3) is 33.2. The average Bonchev–Trinajstić information content (AvgIpc) is 2.61. The summed E-state index contributed by atoms with van der Waals surface area (Å²) in [6.07, 6.45) is 1.93. The van der Waals surface area contributed by atoms with E-state index in [1.165, 1.54) is 0 Å². The van der Waals surface area contributed by atoms with Crippen LogP contribution in [0.3, 0.4) is 0 Å². The molecule has 0 aliphatic rings. The molecule has 0 rings (SSSR count). The van der Waals surface area contributed by atoms with Crippen molar-refractivity contribution in [1.82, 2.24) is 10.6 Å². The maximum Gasteiger partial charge on any atom is 0.143 e. The van der Waals surface area contributed by atoms with E-state index >= 15 is 0 Å². The van der Waals surface area contributed by atoms with Gasteiger partial charge in [-0.05, 0) is 39.9 Å². The van der Waals surface area contributed by atoms with E-state index in [2.05, 4.69) is 10.6 Å². The molecular weight excluding hydrogens is 308 g/mol. The van der Waals surface area contributed by atoms with E-state index in [-0.39, 0.29) is 5.78 Å². The van der Waals surface area contributed by atoms with Gasteiger partial charge in [0, 0.05) is 13.2 Å². The predicted octanol–water partition coefficient (Wildman–Crippen LogP) is 2.27. The number of rotatable bonds is 16. The summed E-state index contributed by atoms with van der Waals surface area (Å²) < 4.78 is 16.2. The summed E-state index contributed by atoms with van der Waals surface area (Å²) in [7, 11) is 1.93. The highest BCUT2D eigenvalue weighted by atomic mass is 16.5. The van der Waals surface area contributed by atoms with Crippen LogP contribution in [-0.2, 0) is 19.0 Å². The average molecular weight is 351 g/mol. The zero-order valence-corrected chi connectivity index (χ0v) is 16.9. The lowest BCUT2D eigenvalue weighted by Crippen LogP contribution is -2.23. The van der Waals surface area contributed by atoms with Crippen LogP contribution in [0.4, 0.5) is 0 Å². The Morgan fingerprint density at radius 2 is 1.17 bits per heavy atom. The van der Waals surface area contributed by atoms with Gasteiger partial charge in [-0.1, -0.05) is 27.7 Å². The second-order valence-corrected chi connectivity index (χ2v) is 4.53. The molecule has 0 radical (unpaired) electrons. The quantitative estimate of drug-likeness (QED) is 0.416. The maximum atomic E-state index is 10.7. The Hall–Kier alpha value is -0.530. The molecule has 0 saturated carbocycles. The van der Waals surface area contributed by atoms with Crippen LogP contribution in [0.15, 0.2) is 0 Å². The van der Waals surface area contributed by atoms with E-state index in [9.17, 15) is 4.79 Å². The highest BCUT2D eigenvalue weighted by Gasteiger charge is 1.94. The number of ketones is 1. The van der Waals surface area contributed by atoms with Crippen LogP contribution in [0.1, 0.15) is 47.5 Å². The molecule has 0 bridgehead atoms. The third-order valence-corrected chi connectivity index (χ3v) is 2.48. The molecule has 24 heavy (non-hydrogen) atoms. The molecule has 148 valence electrons. The molecule has 0 aromatic carbocycles. The molecule has 0 fully saturated rings. The van der Waals surface area contributed by atoms with Crippen LogP contribution < -0.4 is 10.6 Å². The van der Waals surface area contributed by atoms with E-state index in [0.717, 1.165) is 32.5 Å². The van der Waals surface area contributed by atoms with E-state index in [4.69, 9.17) is 14.2 Å². The van der Waals surface area contributed by atoms with Crippen molar-refractivity contribution in [3.63, 3.8) is 0 Å². The van der Waals surface area contributed by atoms with Crippen molar-refractivity contribution in [2.75, 3.05) is 66.3 Å². The topological polar surface area (TPSA) is 68.8 Å². The summed E-state index contributed by atoms with van der Waals surface area (Å²) in [4.78, 5) is 10.7. The van der Waals surface area contributed by atoms with Crippen molar-refractivity contribution >= 4 is 5.78 Å². The molecule has 0 aromatic rings. The number of hydrogen-bond donors (Lipinski definition) is 2. The molecule has 0 saturated heterocycles. The smallest absolute Gasteiger partial charge is 0.143 e. The fourth-order valence-electron chi connectivity index (χ4n) is 1.46. The summed E-state index contributed by atoms with van der Waals surface area (Å²) in [5.41, 5.74) is 0. The Kier molecular flexibility index (Phi) is 35.8. The fourth-order valence-corrected chi connectivity index (χ4v) is 1.46. The normalized spacial score (nSPS) is 9.58. The van der Waals surface area contributed by atoms with Gasteiger partial charge < -0.3 is 24.8 Å². The van der Waals surface area contributed by atoms with Crippen LogP contribution >= 0.6 is 0 Å². The lowest BCUT2D eigenvalue weighted by atomic mass is 10.4. The molecule has 6 nitrogen and oxygen atoms in total. The van der Waals surface area contributed by atoms with Gasteiger partial charge in [-0.25, -0.2) is 0 Å². The minimum Gasteiger partial charge on any atom is -0.379 e. The first kappa shape index (κ1) is 28.3. The molecule has 0 atom stereocenters. The molecule has 0 heterocycles. The lowest BCUT2D eigenvalue weighted by Gasteiger charge is -2.07. The zero-order valence-electron chi connectivity index (χ0n) is 16.9. The molecule has 0 aliphatic carbocycles. The molecule has 0 unspecified atom stereocenters. The van der Waals surface area contributed by atoms with Crippen molar-refractivity contribution in [3.05, 3.63) is 0 Å². The van der Waals surface area contributed by atoms with Crippen molar-refractivity contribution in [2.24, 2.45) is 0 Å². The Labute approximate surface area is 150 Å². The zero-order chi connectivity index (χ0) is 18.9. The van der Waals surface area contributed by atoms with Gasteiger partial charge in [-0.3, -0.25) is 4.79 Å². The van der Waals surface area contributed by atoms with Gasteiger partial charge >= 0.3 is 0 Å². The minimum absolute atomic E-state index is 0.160. The Balaban J connectivity index is -0.00000102. The van der Waals surface area contributed by atoms with Crippen molar-refractivity contribution in [2.45, 2.75) is 47.5 Å². The van der Waals surface area contributed by atoms with Gasteiger partial charge in [-0.15, -0.1) is 0 Å². The predicted molar refractivity (Wildman–Crippen MR) is 102 cm³/mol. The van der Waals surface area contributed by atoms with Crippen molar-refractivity contribution < 1.29 is 19.0 Å². The highest BCUT2D eigenvalue weighted by Crippen LogP contribution is 1.85. The molecule has 2 N–H and O–H groups in total. The summed E-state index contributed by atoms with van der Waals surface area (Å²) in [6.45, 7) is 15.7. The Bertz CT molecular complexity index is 217. The van der Waals surface area contributed by atoms with Gasteiger partial charge in [0.2, 0.25) is 0 Å². The molecular formula is C18H42N2O4. The maximum absolute atomic E-state index is 10.7. The van der Waals surface area contributed by atoms with Crippen LogP contribution in [0.5, 0.6) is 0 Å². The van der Waals surface area contributed by atoms with E-state index in [0.29, 0.717) is 39.6 Å². The summed E-state index contributed by atoms with van der Waals surface area (Å²) in [6, 6.07) is 0. The van der Waals surface area contributed by atoms with Gasteiger partial charge in [-0.2, -0.15) is 0 Å². The monoisotopic (exact) mass is 350 g/mol. The number of hydrogen-bond acceptors (Lipinski definition) is 6. The second-order valence-electron chi connectivity index (χ2n) is 4.53. The fraction of sp³-hybridized carbons (Fsp3) is 0.944. The van der Waals surface area contributed by atoms with E-state index < -0.39 is 0 Å². The van der Waals surface area contributed by atoms with Crippen molar-refractivity contribution in [1.29, 1.82) is 0 Å². The van der Waals surface area contributed by atoms with Crippen molar-refractivity contribution in [3.8, 4) is 0 Å². The summed E-state index contributed by atoms with van der Waals surface area (Å²) in [5, 5.41) is 6.11. The molecule has 0 aromatic heterocycles. The first-order valence-corrected chi connectivity index (χ1v) is 9.35. The Morgan fingerprint density at radius 3 is 1.58 bits per heavy atom. The highest BCUT2D eigenvalue weighted by molar-refractivity contribution is 5.77. The standard InChI is InChI=1S/C14H30N2O4.2C2H6/c1-14(17)13-16-6-4-8-19-10-12-20-11-9-18-7-3-5-15-2;2*1-2/h15-16H,3-13H2,1-2H3;2*1-2H3. The SMILES string of the molecule is CC.CC.CNCCCOCCOCCOCCCNCC(C)=O. The summed E-state index contributed by atoms with van der Waals surface area (Å²) in [5.74, 6) is 0.160. The first-order chi connectivity index (χ1) is 11.8. The third-order valence-electron chi connectivity index (χ3n) is 2.48. The number of carbonyl (C=O) groups excluding carboxylic acids is 1. The van der Waals surface area contributed by atoms with Gasteiger partial charge in [0.25, 0.3) is 0 Å². The molecule has 0 aliphatic heterocycles. The number of ether oxygens (including phenoxy) is 3. The van der Waals surface area contributed by atoms with E-state index in [1.807, 2.05) is 34.7 Å². The number of carbonyl (C=O) groups is 1. The van der Waals surface area contributed by atoms with Crippen LogP contribution in [-0.4, -0.2) is 72.1 Å². The second kappa shape index (κ2) is 30.4. The first-order valence-electron chi connectivity index (χ1n) is 9.35. The number of nitrogens with one attached hydrogen (secondary N) is 2. The minimum atomic E-state index is 0.160. The van der Waals surface area contributed by atoms with Crippen LogP contribution in [0, 0.1) is 0 Å². The van der Waals surface area contributed by atoms with Gasteiger partial charge in [0.1, 0.15) is 5.78 Å². The van der Waals surface area contributed by atoms with Crippen LogP contribution in [0.2, 0.25) is 0 Å². The van der Waals surface area contributed by atoms with Gasteiger partial charge in [0.15, 0.2) is 0 Å². The molecule has 0 amide bonds. The van der Waals surface area contributed by atoms with E-state index in [1.54, 1.807) is 6.92 Å². The van der Waals surface area contributed by atoms with Gasteiger partial charge in [0.05, 0.1) is 33.0 Å². The Morgan fingerprint density at radius 1 is 0.750 bits per heavy atom. The van der Waals surface area contributed by atoms with Crippen LogP contribution in [0.25, 0.3) is 0 Å². The summed E-state index contributed by atoms with van der Waals surface area (Å²) >= 11 is 0. The molecule has 6 heteroatoms. The number of Topliss-reactive ketones (excluding diaryl/α,β-unsaturated/α-hetero) is 1. The molecule has 0 spiro atoms. The largest absolute Gasteiger partial charge is 0.379 e.